The van der Waals surface area contributed by atoms with Crippen molar-refractivity contribution in [2.75, 3.05) is 6.54 Å². The topological polar surface area (TPSA) is 82.4 Å². The molecule has 1 fully saturated rings. The van der Waals surface area contributed by atoms with Crippen LogP contribution in [0.2, 0.25) is 0 Å². The molecule has 0 radical (unpaired) electrons. The highest BCUT2D eigenvalue weighted by Gasteiger charge is 2.37. The maximum absolute atomic E-state index is 13.1. The van der Waals surface area contributed by atoms with Crippen molar-refractivity contribution in [3.8, 4) is 0 Å². The Balaban J connectivity index is 1.48. The number of carbonyl (C=O) groups is 1. The van der Waals surface area contributed by atoms with Crippen molar-refractivity contribution in [3.05, 3.63) is 41.6 Å². The summed E-state index contributed by atoms with van der Waals surface area (Å²) >= 11 is 0. The first-order valence-electron chi connectivity index (χ1n) is 8.78. The molecule has 2 aliphatic rings. The largest absolute Gasteiger partial charge is 0.467 e. The Morgan fingerprint density at radius 2 is 2.38 bits per heavy atom. The zero-order chi connectivity index (χ0) is 16.5. The van der Waals surface area contributed by atoms with Gasteiger partial charge >= 0.3 is 0 Å². The average molecular weight is 329 g/mol. The molecule has 128 valence electrons. The normalized spacial score (nSPS) is 24.8. The van der Waals surface area contributed by atoms with E-state index < -0.39 is 6.10 Å². The highest BCUT2D eigenvalue weighted by molar-refractivity contribution is 5.84. The van der Waals surface area contributed by atoms with Crippen molar-refractivity contribution in [1.82, 2.24) is 15.1 Å². The third-order valence-electron chi connectivity index (χ3n) is 5.37. The van der Waals surface area contributed by atoms with Gasteiger partial charge in [0.05, 0.1) is 18.4 Å². The minimum absolute atomic E-state index is 0.0786. The van der Waals surface area contributed by atoms with Gasteiger partial charge in [-0.2, -0.15) is 5.10 Å². The zero-order valence-corrected chi connectivity index (χ0v) is 13.6. The molecule has 24 heavy (non-hydrogen) atoms. The number of furan rings is 1. The molecule has 0 spiro atoms. The molecule has 6 nitrogen and oxygen atoms in total. The van der Waals surface area contributed by atoms with Crippen LogP contribution in [-0.4, -0.2) is 38.7 Å². The average Bonchev–Trinajstić information content (AvgIpc) is 3.33. The lowest BCUT2D eigenvalue weighted by Crippen LogP contribution is -2.40. The van der Waals surface area contributed by atoms with Crippen LogP contribution in [0.25, 0.3) is 0 Å². The second kappa shape index (κ2) is 6.43. The lowest BCUT2D eigenvalue weighted by molar-refractivity contribution is -0.134. The van der Waals surface area contributed by atoms with E-state index >= 15 is 0 Å². The van der Waals surface area contributed by atoms with Crippen molar-refractivity contribution >= 4 is 5.91 Å². The Kier molecular flexibility index (Phi) is 4.14. The molecule has 3 atom stereocenters. The van der Waals surface area contributed by atoms with Gasteiger partial charge in [0, 0.05) is 30.3 Å². The van der Waals surface area contributed by atoms with Gasteiger partial charge in [0.2, 0.25) is 5.91 Å². The molecule has 0 bridgehead atoms. The van der Waals surface area contributed by atoms with E-state index in [1.807, 2.05) is 4.90 Å². The first kappa shape index (κ1) is 15.4. The maximum Gasteiger partial charge on any atom is 0.230 e. The number of aliphatic hydroxyl groups is 1. The van der Waals surface area contributed by atoms with E-state index in [4.69, 9.17) is 4.42 Å². The highest BCUT2D eigenvalue weighted by Crippen LogP contribution is 2.35. The standard InChI is InChI=1S/C18H23N3O3/c22-16(17-7-3-9-24-17)10-12-4-2-8-21(12)18(23)13-5-1-6-15-14(13)11-19-20-15/h3,7,9,11-13,16,22H,1-2,4-6,8,10H2,(H,19,20)/t12-,13+,16-/m0/s1. The van der Waals surface area contributed by atoms with Gasteiger partial charge in [0.15, 0.2) is 0 Å². The Hall–Kier alpha value is -2.08. The van der Waals surface area contributed by atoms with Crippen molar-refractivity contribution in [3.63, 3.8) is 0 Å². The number of hydrogen-bond acceptors (Lipinski definition) is 4. The van der Waals surface area contributed by atoms with Gasteiger partial charge in [0.1, 0.15) is 11.9 Å². The van der Waals surface area contributed by atoms with Crippen LogP contribution in [0.5, 0.6) is 0 Å². The highest BCUT2D eigenvalue weighted by atomic mass is 16.4. The summed E-state index contributed by atoms with van der Waals surface area (Å²) in [5, 5.41) is 17.5. The molecule has 0 aromatic carbocycles. The van der Waals surface area contributed by atoms with E-state index in [-0.39, 0.29) is 17.9 Å². The van der Waals surface area contributed by atoms with Crippen LogP contribution >= 0.6 is 0 Å². The predicted octanol–water partition coefficient (Wildman–Crippen LogP) is 2.54. The quantitative estimate of drug-likeness (QED) is 0.903. The summed E-state index contributed by atoms with van der Waals surface area (Å²) in [5.74, 6) is 0.671. The number of fused-ring (bicyclic) bond motifs is 1. The van der Waals surface area contributed by atoms with Crippen LogP contribution in [-0.2, 0) is 11.2 Å². The van der Waals surface area contributed by atoms with Gasteiger partial charge in [0.25, 0.3) is 0 Å². The van der Waals surface area contributed by atoms with E-state index in [0.717, 1.165) is 49.9 Å². The van der Waals surface area contributed by atoms with Crippen LogP contribution in [0, 0.1) is 0 Å². The summed E-state index contributed by atoms with van der Waals surface area (Å²) in [4.78, 5) is 15.1. The summed E-state index contributed by atoms with van der Waals surface area (Å²) in [6.45, 7) is 0.776. The van der Waals surface area contributed by atoms with E-state index in [9.17, 15) is 9.90 Å². The summed E-state index contributed by atoms with van der Waals surface area (Å²) in [5.41, 5.74) is 2.16. The minimum atomic E-state index is -0.658. The first-order chi connectivity index (χ1) is 11.7. The Morgan fingerprint density at radius 3 is 3.21 bits per heavy atom. The van der Waals surface area contributed by atoms with Crippen LogP contribution in [0.15, 0.2) is 29.0 Å². The smallest absolute Gasteiger partial charge is 0.230 e. The van der Waals surface area contributed by atoms with Crippen molar-refractivity contribution in [2.45, 2.75) is 56.6 Å². The lowest BCUT2D eigenvalue weighted by Gasteiger charge is -2.31. The number of nitrogens with one attached hydrogen (secondary N) is 1. The molecule has 1 saturated heterocycles. The molecule has 0 unspecified atom stereocenters. The number of hydrogen-bond donors (Lipinski definition) is 2. The molecular formula is C18H23N3O3. The van der Waals surface area contributed by atoms with Gasteiger partial charge < -0.3 is 14.4 Å². The predicted molar refractivity (Wildman–Crippen MR) is 87.3 cm³/mol. The van der Waals surface area contributed by atoms with Crippen LogP contribution in [0.4, 0.5) is 0 Å². The molecule has 4 rings (SSSR count). The molecule has 3 heterocycles. The molecule has 1 aliphatic carbocycles. The number of aryl methyl sites for hydroxylation is 1. The first-order valence-corrected chi connectivity index (χ1v) is 8.78. The van der Waals surface area contributed by atoms with Crippen LogP contribution in [0.3, 0.4) is 0 Å². The Labute approximate surface area is 140 Å². The molecular weight excluding hydrogens is 306 g/mol. The maximum atomic E-state index is 13.1. The van der Waals surface area contributed by atoms with E-state index in [1.54, 1.807) is 24.6 Å². The number of H-pyrrole nitrogens is 1. The molecule has 1 amide bonds. The molecule has 1 aliphatic heterocycles. The van der Waals surface area contributed by atoms with Gasteiger partial charge in [-0.1, -0.05) is 0 Å². The Morgan fingerprint density at radius 1 is 1.46 bits per heavy atom. The monoisotopic (exact) mass is 329 g/mol. The van der Waals surface area contributed by atoms with Crippen LogP contribution < -0.4 is 0 Å². The van der Waals surface area contributed by atoms with E-state index in [2.05, 4.69) is 10.2 Å². The van der Waals surface area contributed by atoms with Crippen molar-refractivity contribution in [2.24, 2.45) is 0 Å². The summed E-state index contributed by atoms with van der Waals surface area (Å²) < 4.78 is 5.29. The second-order valence-electron chi connectivity index (χ2n) is 6.84. The fourth-order valence-electron chi connectivity index (χ4n) is 4.14. The lowest BCUT2D eigenvalue weighted by atomic mass is 9.86. The summed E-state index contributed by atoms with van der Waals surface area (Å²) in [6.07, 6.45) is 8.05. The van der Waals surface area contributed by atoms with Gasteiger partial charge in [-0.3, -0.25) is 9.89 Å². The summed E-state index contributed by atoms with van der Waals surface area (Å²) in [7, 11) is 0. The van der Waals surface area contributed by atoms with Crippen LogP contribution in [0.1, 0.15) is 61.1 Å². The number of amides is 1. The van der Waals surface area contributed by atoms with Gasteiger partial charge in [-0.25, -0.2) is 0 Å². The number of likely N-dealkylation sites (tertiary alicyclic amines) is 1. The molecule has 2 aromatic rings. The molecule has 0 saturated carbocycles. The third-order valence-corrected chi connectivity index (χ3v) is 5.37. The fourth-order valence-corrected chi connectivity index (χ4v) is 4.14. The number of rotatable bonds is 4. The van der Waals surface area contributed by atoms with Gasteiger partial charge in [-0.15, -0.1) is 0 Å². The van der Waals surface area contributed by atoms with E-state index in [0.29, 0.717) is 12.2 Å². The number of carbonyl (C=O) groups excluding carboxylic acids is 1. The summed E-state index contributed by atoms with van der Waals surface area (Å²) in [6, 6.07) is 3.64. The van der Waals surface area contributed by atoms with Crippen molar-refractivity contribution in [1.29, 1.82) is 0 Å². The van der Waals surface area contributed by atoms with Gasteiger partial charge in [-0.05, 0) is 44.2 Å². The second-order valence-corrected chi connectivity index (χ2v) is 6.84. The molecule has 6 heteroatoms. The Bertz CT molecular complexity index is 694. The SMILES string of the molecule is O=C([C@@H]1CCCc2[nH]ncc21)N1CCC[C@H]1C[C@H](O)c1ccco1. The molecule has 2 aromatic heterocycles. The number of nitrogens with zero attached hydrogens (tertiary/aromatic N) is 2. The zero-order valence-electron chi connectivity index (χ0n) is 13.6. The molecule has 2 N–H and O–H groups in total. The minimum Gasteiger partial charge on any atom is -0.467 e. The number of aromatic amines is 1. The van der Waals surface area contributed by atoms with Crippen molar-refractivity contribution < 1.29 is 14.3 Å². The fraction of sp³-hybridized carbons (Fsp3) is 0.556. The number of aromatic nitrogens is 2. The van der Waals surface area contributed by atoms with E-state index in [1.165, 1.54) is 0 Å². The third kappa shape index (κ3) is 2.75. The number of aliphatic hydroxyl groups excluding tert-OH is 1.